The number of allylic oxidation sites excluding steroid dienone is 2. The molecule has 0 bridgehead atoms. The summed E-state index contributed by atoms with van der Waals surface area (Å²) in [6.07, 6.45) is 8.47. The van der Waals surface area contributed by atoms with E-state index in [4.69, 9.17) is 0 Å². The molecule has 0 aliphatic heterocycles. The van der Waals surface area contributed by atoms with Gasteiger partial charge in [-0.1, -0.05) is 97.8 Å². The molecule has 5 nitrogen and oxygen atoms in total. The van der Waals surface area contributed by atoms with Gasteiger partial charge >= 0.3 is 0 Å². The molecule has 5 rings (SSSR count). The molecular weight excluding hydrogens is 458 g/mol. The number of phenolic OH excluding ortho intramolecular Hbond substituents is 1. The van der Waals surface area contributed by atoms with E-state index in [0.29, 0.717) is 36.6 Å². The van der Waals surface area contributed by atoms with Crippen molar-refractivity contribution in [3.8, 4) is 16.9 Å². The number of para-hydroxylation sites is 1. The van der Waals surface area contributed by atoms with Gasteiger partial charge in [0, 0.05) is 41.9 Å². The van der Waals surface area contributed by atoms with Gasteiger partial charge in [-0.2, -0.15) is 0 Å². The number of nitrogens with one attached hydrogen (secondary N) is 2. The lowest BCUT2D eigenvalue weighted by Crippen LogP contribution is -2.50. The van der Waals surface area contributed by atoms with Crippen LogP contribution in [0.15, 0.2) is 101 Å². The van der Waals surface area contributed by atoms with Crippen LogP contribution in [-0.4, -0.2) is 23.7 Å². The molecule has 0 heterocycles. The van der Waals surface area contributed by atoms with Gasteiger partial charge in [-0.05, 0) is 47.6 Å². The molecule has 1 saturated carbocycles. The molecule has 1 fully saturated rings. The van der Waals surface area contributed by atoms with Crippen molar-refractivity contribution in [3.05, 3.63) is 112 Å². The fraction of sp³-hybridized carbons (Fsp3) is 0.312. The molecular formula is C32H35N3O2. The number of hydrogen-bond donors (Lipinski definition) is 3. The first-order valence-electron chi connectivity index (χ1n) is 13.4. The summed E-state index contributed by atoms with van der Waals surface area (Å²) in [6, 6.07) is 26.6. The Morgan fingerprint density at radius 2 is 1.43 bits per heavy atom. The lowest BCUT2D eigenvalue weighted by Gasteiger charge is -2.34. The van der Waals surface area contributed by atoms with Crippen LogP contribution >= 0.6 is 0 Å². The topological polar surface area (TPSA) is 73.7 Å². The zero-order valence-corrected chi connectivity index (χ0v) is 21.2. The second-order valence-corrected chi connectivity index (χ2v) is 10.0. The quantitative estimate of drug-likeness (QED) is 0.282. The highest BCUT2D eigenvalue weighted by Gasteiger charge is 2.26. The summed E-state index contributed by atoms with van der Waals surface area (Å²) in [5.41, 5.74) is 6.46. The highest BCUT2D eigenvalue weighted by atomic mass is 16.3. The van der Waals surface area contributed by atoms with Crippen molar-refractivity contribution in [3.63, 3.8) is 0 Å². The molecule has 3 aromatic rings. The Morgan fingerprint density at radius 3 is 2.11 bits per heavy atom. The van der Waals surface area contributed by atoms with Crippen LogP contribution in [0, 0.1) is 4.91 Å². The normalized spacial score (nSPS) is 19.9. The highest BCUT2D eigenvalue weighted by Crippen LogP contribution is 2.34. The third kappa shape index (κ3) is 5.90. The van der Waals surface area contributed by atoms with Crippen LogP contribution in [0.3, 0.4) is 0 Å². The van der Waals surface area contributed by atoms with Crippen LogP contribution in [0.4, 0.5) is 0 Å². The van der Waals surface area contributed by atoms with Gasteiger partial charge in [-0.3, -0.25) is 0 Å². The van der Waals surface area contributed by atoms with Crippen molar-refractivity contribution >= 4 is 5.57 Å². The monoisotopic (exact) mass is 493 g/mol. The van der Waals surface area contributed by atoms with Gasteiger partial charge in [-0.15, -0.1) is 4.91 Å². The van der Waals surface area contributed by atoms with Crippen LogP contribution < -0.4 is 10.6 Å². The van der Waals surface area contributed by atoms with Crippen molar-refractivity contribution in [1.82, 2.24) is 10.6 Å². The predicted octanol–water partition coefficient (Wildman–Crippen LogP) is 6.95. The Bertz CT molecular complexity index is 1270. The molecule has 5 heteroatoms. The first-order valence-corrected chi connectivity index (χ1v) is 13.4. The number of nitroso groups, excluding NO2 is 1. The van der Waals surface area contributed by atoms with Gasteiger partial charge in [0.25, 0.3) is 0 Å². The van der Waals surface area contributed by atoms with E-state index >= 15 is 0 Å². The van der Waals surface area contributed by atoms with Crippen molar-refractivity contribution in [2.75, 3.05) is 6.54 Å². The predicted molar refractivity (Wildman–Crippen MR) is 151 cm³/mol. The van der Waals surface area contributed by atoms with E-state index in [0.717, 1.165) is 59.1 Å². The molecule has 0 aromatic heterocycles. The van der Waals surface area contributed by atoms with Gasteiger partial charge in [0.2, 0.25) is 0 Å². The fourth-order valence-electron chi connectivity index (χ4n) is 5.65. The van der Waals surface area contributed by atoms with E-state index in [-0.39, 0.29) is 0 Å². The van der Waals surface area contributed by atoms with E-state index in [1.54, 1.807) is 0 Å². The summed E-state index contributed by atoms with van der Waals surface area (Å²) in [4.78, 5) is 11.9. The minimum atomic E-state index is 0.300. The van der Waals surface area contributed by atoms with Crippen molar-refractivity contribution in [1.29, 1.82) is 0 Å². The molecule has 190 valence electrons. The van der Waals surface area contributed by atoms with E-state index in [1.165, 1.54) is 12.8 Å². The Kier molecular flexibility index (Phi) is 8.24. The number of phenols is 1. The maximum atomic E-state index is 11.9. The minimum Gasteiger partial charge on any atom is -0.507 e. The lowest BCUT2D eigenvalue weighted by molar-refractivity contribution is 0.286. The number of hydrogen-bond acceptors (Lipinski definition) is 5. The molecule has 37 heavy (non-hydrogen) atoms. The summed E-state index contributed by atoms with van der Waals surface area (Å²) < 4.78 is 0. The molecule has 2 atom stereocenters. The van der Waals surface area contributed by atoms with Crippen LogP contribution in [0.1, 0.15) is 49.7 Å². The van der Waals surface area contributed by atoms with E-state index in [2.05, 4.69) is 21.9 Å². The summed E-state index contributed by atoms with van der Waals surface area (Å²) in [5, 5.41) is 21.9. The molecule has 3 aromatic carbocycles. The third-order valence-corrected chi connectivity index (χ3v) is 7.66. The number of nitrogens with zero attached hydrogens (tertiary/aromatic N) is 1. The zero-order chi connectivity index (χ0) is 25.5. The average molecular weight is 494 g/mol. The van der Waals surface area contributed by atoms with Gasteiger partial charge in [-0.25, -0.2) is 0 Å². The Hall–Kier alpha value is -3.54. The maximum Gasteiger partial charge on any atom is 0.127 e. The first-order chi connectivity index (χ1) is 18.2. The molecule has 3 N–H and O–H groups in total. The van der Waals surface area contributed by atoms with Crippen molar-refractivity contribution in [2.24, 2.45) is 5.18 Å². The largest absolute Gasteiger partial charge is 0.507 e. The maximum absolute atomic E-state index is 11.9. The average Bonchev–Trinajstić information content (AvgIpc) is 2.96. The second-order valence-electron chi connectivity index (χ2n) is 10.0. The number of aromatic hydroxyl groups is 1. The molecule has 0 saturated heterocycles. The van der Waals surface area contributed by atoms with E-state index in [9.17, 15) is 10.0 Å². The van der Waals surface area contributed by atoms with Crippen molar-refractivity contribution in [2.45, 2.75) is 57.2 Å². The molecule has 0 amide bonds. The third-order valence-electron chi connectivity index (χ3n) is 7.66. The summed E-state index contributed by atoms with van der Waals surface area (Å²) in [6.45, 7) is 1.28. The molecule has 2 aliphatic rings. The smallest absolute Gasteiger partial charge is 0.127 e. The number of benzene rings is 3. The van der Waals surface area contributed by atoms with E-state index < -0.39 is 0 Å². The number of rotatable bonds is 9. The molecule has 0 radical (unpaired) electrons. The first kappa shape index (κ1) is 25.1. The van der Waals surface area contributed by atoms with Gasteiger partial charge in [0.05, 0.1) is 0 Å². The zero-order valence-electron chi connectivity index (χ0n) is 21.2. The second kappa shape index (κ2) is 12.1. The molecule has 2 unspecified atom stereocenters. The molecule has 0 spiro atoms. The Balaban J connectivity index is 1.26. The van der Waals surface area contributed by atoms with Crippen LogP contribution in [-0.2, 0) is 6.54 Å². The van der Waals surface area contributed by atoms with E-state index in [1.807, 2.05) is 78.9 Å². The van der Waals surface area contributed by atoms with Crippen molar-refractivity contribution < 1.29 is 5.11 Å². The Morgan fingerprint density at radius 1 is 0.784 bits per heavy atom. The lowest BCUT2D eigenvalue weighted by atomic mass is 9.88. The van der Waals surface area contributed by atoms with Crippen LogP contribution in [0.5, 0.6) is 5.75 Å². The minimum absolute atomic E-state index is 0.300. The van der Waals surface area contributed by atoms with Crippen LogP contribution in [0.25, 0.3) is 16.7 Å². The van der Waals surface area contributed by atoms with Crippen LogP contribution in [0.2, 0.25) is 0 Å². The van der Waals surface area contributed by atoms with Gasteiger partial charge in [0.1, 0.15) is 11.4 Å². The summed E-state index contributed by atoms with van der Waals surface area (Å²) in [7, 11) is 0. The Labute approximate surface area is 219 Å². The highest BCUT2D eigenvalue weighted by molar-refractivity contribution is 5.80. The SMILES string of the molecule is O=NC1=C(CNC2CCCCC2NCc2cccc(-c3ccccc3)c2O)CCC=C1c1ccccc1. The molecule has 2 aliphatic carbocycles. The summed E-state index contributed by atoms with van der Waals surface area (Å²) in [5.74, 6) is 0.343. The summed E-state index contributed by atoms with van der Waals surface area (Å²) >= 11 is 0. The van der Waals surface area contributed by atoms with Gasteiger partial charge in [0.15, 0.2) is 0 Å². The van der Waals surface area contributed by atoms with Gasteiger partial charge < -0.3 is 15.7 Å². The standard InChI is InChI=1S/C32H35N3O2/c36-32-26(16-10-18-28(32)24-13-5-2-6-14-24)22-34-30-20-8-7-19-29(30)33-21-25-15-9-17-27(31(25)35-37)23-11-3-1-4-12-23/h1-6,10-14,16-18,29-30,33-34,36H,7-9,15,19-22H2. The fourth-order valence-corrected chi connectivity index (χ4v) is 5.65.